The standard InChI is InChI=1S/C22H21NO5S/c1-2-29(26,27)17-12-13-20(24)19(14-17)23-22(25)15-28-21-11-7-6-10-18(21)16-8-4-3-5-9-16/h3-14,24H,2,15H2,1H3,(H,23,25). The number of phenols is 1. The first-order valence-corrected chi connectivity index (χ1v) is 10.7. The van der Waals surface area contributed by atoms with E-state index < -0.39 is 15.7 Å². The van der Waals surface area contributed by atoms with E-state index in [1.54, 1.807) is 6.07 Å². The van der Waals surface area contributed by atoms with Gasteiger partial charge in [-0.3, -0.25) is 4.79 Å². The van der Waals surface area contributed by atoms with Gasteiger partial charge < -0.3 is 15.2 Å². The Morgan fingerprint density at radius 2 is 1.69 bits per heavy atom. The number of carbonyl (C=O) groups excluding carboxylic acids is 1. The number of nitrogens with one attached hydrogen (secondary N) is 1. The monoisotopic (exact) mass is 411 g/mol. The van der Waals surface area contributed by atoms with Crippen LogP contribution in [0.5, 0.6) is 11.5 Å². The van der Waals surface area contributed by atoms with Gasteiger partial charge in [-0.05, 0) is 29.8 Å². The van der Waals surface area contributed by atoms with Crippen LogP contribution in [0.3, 0.4) is 0 Å². The van der Waals surface area contributed by atoms with Gasteiger partial charge >= 0.3 is 0 Å². The minimum absolute atomic E-state index is 0.0180. The highest BCUT2D eigenvalue weighted by Crippen LogP contribution is 2.30. The third-order valence-corrected chi connectivity index (χ3v) is 6.04. The molecule has 0 unspecified atom stereocenters. The van der Waals surface area contributed by atoms with Crippen LogP contribution in [0.15, 0.2) is 77.7 Å². The molecular formula is C22H21NO5S. The molecule has 0 radical (unpaired) electrons. The van der Waals surface area contributed by atoms with Crippen molar-refractivity contribution in [3.8, 4) is 22.6 Å². The lowest BCUT2D eigenvalue weighted by Gasteiger charge is -2.13. The van der Waals surface area contributed by atoms with Crippen LogP contribution in [-0.4, -0.2) is 31.8 Å². The molecule has 3 aromatic carbocycles. The Bertz CT molecular complexity index is 1110. The molecule has 0 aliphatic rings. The summed E-state index contributed by atoms with van der Waals surface area (Å²) in [7, 11) is -3.46. The fraction of sp³-hybridized carbons (Fsp3) is 0.136. The quantitative estimate of drug-likeness (QED) is 0.576. The van der Waals surface area contributed by atoms with Gasteiger partial charge in [-0.2, -0.15) is 0 Å². The summed E-state index contributed by atoms with van der Waals surface area (Å²) < 4.78 is 29.7. The first kappa shape index (κ1) is 20.4. The molecule has 150 valence electrons. The molecule has 3 rings (SSSR count). The number of anilines is 1. The first-order chi connectivity index (χ1) is 13.9. The number of sulfone groups is 1. The third-order valence-electron chi connectivity index (χ3n) is 4.31. The predicted molar refractivity (Wildman–Crippen MR) is 112 cm³/mol. The second-order valence-electron chi connectivity index (χ2n) is 6.28. The fourth-order valence-electron chi connectivity index (χ4n) is 2.75. The van der Waals surface area contributed by atoms with Crippen molar-refractivity contribution in [3.05, 3.63) is 72.8 Å². The van der Waals surface area contributed by atoms with Gasteiger partial charge in [-0.1, -0.05) is 55.5 Å². The van der Waals surface area contributed by atoms with Gasteiger partial charge in [0.2, 0.25) is 0 Å². The summed E-state index contributed by atoms with van der Waals surface area (Å²) in [6.45, 7) is 1.23. The minimum atomic E-state index is -3.46. The second kappa shape index (κ2) is 8.79. The van der Waals surface area contributed by atoms with E-state index >= 15 is 0 Å². The molecule has 29 heavy (non-hydrogen) atoms. The van der Waals surface area contributed by atoms with Crippen LogP contribution in [0.4, 0.5) is 5.69 Å². The molecule has 1 amide bonds. The number of aromatic hydroxyl groups is 1. The summed E-state index contributed by atoms with van der Waals surface area (Å²) in [5, 5.41) is 12.4. The molecule has 0 aromatic heterocycles. The van der Waals surface area contributed by atoms with Crippen molar-refractivity contribution in [1.82, 2.24) is 0 Å². The molecule has 0 spiro atoms. The summed E-state index contributed by atoms with van der Waals surface area (Å²) in [6.07, 6.45) is 0. The Labute approximate surface area is 169 Å². The largest absolute Gasteiger partial charge is 0.506 e. The fourth-order valence-corrected chi connectivity index (χ4v) is 3.66. The maximum Gasteiger partial charge on any atom is 0.262 e. The SMILES string of the molecule is CCS(=O)(=O)c1ccc(O)c(NC(=O)COc2ccccc2-c2ccccc2)c1. The van der Waals surface area contributed by atoms with E-state index in [0.29, 0.717) is 5.75 Å². The van der Waals surface area contributed by atoms with E-state index in [4.69, 9.17) is 4.74 Å². The van der Waals surface area contributed by atoms with Crippen LogP contribution in [-0.2, 0) is 14.6 Å². The number of hydrogen-bond donors (Lipinski definition) is 2. The summed E-state index contributed by atoms with van der Waals surface area (Å²) in [6, 6.07) is 20.8. The van der Waals surface area contributed by atoms with Gasteiger partial charge in [0, 0.05) is 5.56 Å². The van der Waals surface area contributed by atoms with Gasteiger partial charge in [-0.25, -0.2) is 8.42 Å². The van der Waals surface area contributed by atoms with Crippen molar-refractivity contribution in [2.24, 2.45) is 0 Å². The van der Waals surface area contributed by atoms with Crippen LogP contribution in [0.2, 0.25) is 0 Å². The van der Waals surface area contributed by atoms with Crippen molar-refractivity contribution in [3.63, 3.8) is 0 Å². The summed E-state index contributed by atoms with van der Waals surface area (Å²) in [5.74, 6) is -0.280. The summed E-state index contributed by atoms with van der Waals surface area (Å²) in [5.41, 5.74) is 1.82. The molecule has 7 heteroatoms. The number of carbonyl (C=O) groups is 1. The van der Waals surface area contributed by atoms with E-state index in [1.165, 1.54) is 25.1 Å². The molecule has 2 N–H and O–H groups in total. The maximum atomic E-state index is 12.3. The van der Waals surface area contributed by atoms with Crippen LogP contribution >= 0.6 is 0 Å². The minimum Gasteiger partial charge on any atom is -0.506 e. The molecule has 0 heterocycles. The highest BCUT2D eigenvalue weighted by Gasteiger charge is 2.16. The lowest BCUT2D eigenvalue weighted by Crippen LogP contribution is -2.20. The van der Waals surface area contributed by atoms with Crippen molar-refractivity contribution >= 4 is 21.4 Å². The Balaban J connectivity index is 1.73. The Kier molecular flexibility index (Phi) is 6.19. The molecule has 0 saturated carbocycles. The van der Waals surface area contributed by atoms with Crippen LogP contribution < -0.4 is 10.1 Å². The van der Waals surface area contributed by atoms with Crippen molar-refractivity contribution in [1.29, 1.82) is 0 Å². The molecule has 0 aliphatic heterocycles. The number of benzene rings is 3. The van der Waals surface area contributed by atoms with Gasteiger partial charge in [0.15, 0.2) is 16.4 Å². The average molecular weight is 411 g/mol. The van der Waals surface area contributed by atoms with E-state index in [0.717, 1.165) is 11.1 Å². The van der Waals surface area contributed by atoms with Gasteiger partial charge in [0.05, 0.1) is 16.3 Å². The highest BCUT2D eigenvalue weighted by molar-refractivity contribution is 7.91. The highest BCUT2D eigenvalue weighted by atomic mass is 32.2. The molecule has 0 aliphatic carbocycles. The van der Waals surface area contributed by atoms with Crippen molar-refractivity contribution in [2.75, 3.05) is 17.7 Å². The zero-order valence-corrected chi connectivity index (χ0v) is 16.6. The Hall–Kier alpha value is -3.32. The lowest BCUT2D eigenvalue weighted by molar-refractivity contribution is -0.118. The number of phenolic OH excluding ortho intramolecular Hbond substituents is 1. The van der Waals surface area contributed by atoms with E-state index in [-0.39, 0.29) is 28.7 Å². The van der Waals surface area contributed by atoms with Crippen molar-refractivity contribution in [2.45, 2.75) is 11.8 Å². The molecular weight excluding hydrogens is 390 g/mol. The number of rotatable bonds is 7. The van der Waals surface area contributed by atoms with E-state index in [2.05, 4.69) is 5.32 Å². The zero-order chi connectivity index (χ0) is 20.9. The van der Waals surface area contributed by atoms with Gasteiger partial charge in [-0.15, -0.1) is 0 Å². The molecule has 0 bridgehead atoms. The van der Waals surface area contributed by atoms with Crippen molar-refractivity contribution < 1.29 is 23.1 Å². The van der Waals surface area contributed by atoms with Gasteiger partial charge in [0.1, 0.15) is 11.5 Å². The topological polar surface area (TPSA) is 92.7 Å². The number of amides is 1. The number of para-hydroxylation sites is 1. The summed E-state index contributed by atoms with van der Waals surface area (Å²) >= 11 is 0. The number of hydrogen-bond acceptors (Lipinski definition) is 5. The molecule has 0 atom stereocenters. The maximum absolute atomic E-state index is 12.3. The van der Waals surface area contributed by atoms with Gasteiger partial charge in [0.25, 0.3) is 5.91 Å². The van der Waals surface area contributed by atoms with Crippen LogP contribution in [0, 0.1) is 0 Å². The summed E-state index contributed by atoms with van der Waals surface area (Å²) in [4.78, 5) is 12.4. The normalized spacial score (nSPS) is 11.1. The average Bonchev–Trinajstić information content (AvgIpc) is 2.74. The molecule has 6 nitrogen and oxygen atoms in total. The van der Waals surface area contributed by atoms with E-state index in [9.17, 15) is 18.3 Å². The second-order valence-corrected chi connectivity index (χ2v) is 8.56. The van der Waals surface area contributed by atoms with Crippen LogP contribution in [0.25, 0.3) is 11.1 Å². The smallest absolute Gasteiger partial charge is 0.262 e. The van der Waals surface area contributed by atoms with Crippen LogP contribution in [0.1, 0.15) is 6.92 Å². The Morgan fingerprint density at radius 3 is 2.41 bits per heavy atom. The lowest BCUT2D eigenvalue weighted by atomic mass is 10.1. The predicted octanol–water partition coefficient (Wildman–Crippen LogP) is 3.87. The Morgan fingerprint density at radius 1 is 1.00 bits per heavy atom. The molecule has 0 saturated heterocycles. The first-order valence-electron chi connectivity index (χ1n) is 9.03. The van der Waals surface area contributed by atoms with E-state index in [1.807, 2.05) is 48.5 Å². The number of ether oxygens (including phenoxy) is 1. The third kappa shape index (κ3) is 4.94. The zero-order valence-electron chi connectivity index (χ0n) is 15.8. The molecule has 3 aromatic rings. The molecule has 0 fully saturated rings.